The van der Waals surface area contributed by atoms with Crippen LogP contribution in [0.1, 0.15) is 22.8 Å². The minimum absolute atomic E-state index is 0.0616. The maximum atomic E-state index is 12.7. The lowest BCUT2D eigenvalue weighted by molar-refractivity contribution is -0.154. The predicted molar refractivity (Wildman–Crippen MR) is 84.7 cm³/mol. The molecule has 3 aliphatic carbocycles. The van der Waals surface area contributed by atoms with E-state index >= 15 is 0 Å². The third-order valence-corrected chi connectivity index (χ3v) is 5.00. The van der Waals surface area contributed by atoms with Gasteiger partial charge in [-0.15, -0.1) is 0 Å². The van der Waals surface area contributed by atoms with Gasteiger partial charge in [0.2, 0.25) is 0 Å². The smallest absolute Gasteiger partial charge is 0.198 e. The maximum Gasteiger partial charge on any atom is 0.198 e. The van der Waals surface area contributed by atoms with Gasteiger partial charge in [-0.2, -0.15) is 0 Å². The molecule has 0 radical (unpaired) electrons. The molecule has 7 heteroatoms. The minimum atomic E-state index is -2.23. The van der Waals surface area contributed by atoms with Crippen molar-refractivity contribution in [3.8, 4) is 5.75 Å². The van der Waals surface area contributed by atoms with E-state index in [1.165, 1.54) is 24.3 Å². The first-order valence-corrected chi connectivity index (χ1v) is 7.58. The molecule has 0 heterocycles. The Bertz CT molecular complexity index is 962. The Labute approximate surface area is 141 Å². The first-order valence-electron chi connectivity index (χ1n) is 7.58. The van der Waals surface area contributed by atoms with Gasteiger partial charge in [0.15, 0.2) is 17.2 Å². The number of benzene rings is 1. The molecule has 128 valence electrons. The van der Waals surface area contributed by atoms with Gasteiger partial charge < -0.3 is 25.5 Å². The van der Waals surface area contributed by atoms with Crippen molar-refractivity contribution in [1.82, 2.24) is 0 Å². The van der Waals surface area contributed by atoms with Crippen LogP contribution in [0.5, 0.6) is 5.75 Å². The predicted octanol–water partition coefficient (Wildman–Crippen LogP) is 0.150. The summed E-state index contributed by atoms with van der Waals surface area (Å²) >= 11 is 0. The molecule has 3 atom stereocenters. The summed E-state index contributed by atoms with van der Waals surface area (Å²) in [5, 5.41) is 51.2. The third-order valence-electron chi connectivity index (χ3n) is 5.00. The van der Waals surface area contributed by atoms with Crippen LogP contribution >= 0.6 is 0 Å². The maximum absolute atomic E-state index is 12.7. The molecule has 4 rings (SSSR count). The summed E-state index contributed by atoms with van der Waals surface area (Å²) < 4.78 is 0. The molecule has 0 aliphatic heterocycles. The number of aromatic hydroxyl groups is 1. The summed E-state index contributed by atoms with van der Waals surface area (Å²) in [6, 6.07) is 4.17. The van der Waals surface area contributed by atoms with Crippen molar-refractivity contribution in [1.29, 1.82) is 0 Å². The lowest BCUT2D eigenvalue weighted by Crippen LogP contribution is -2.56. The fourth-order valence-corrected chi connectivity index (χ4v) is 3.62. The van der Waals surface area contributed by atoms with Gasteiger partial charge in [0, 0.05) is 27.9 Å². The van der Waals surface area contributed by atoms with Crippen LogP contribution < -0.4 is 0 Å². The monoisotopic (exact) mass is 342 g/mol. The van der Waals surface area contributed by atoms with E-state index in [-0.39, 0.29) is 44.9 Å². The Morgan fingerprint density at radius 2 is 1.80 bits per heavy atom. The molecule has 0 saturated carbocycles. The highest BCUT2D eigenvalue weighted by atomic mass is 16.4. The summed E-state index contributed by atoms with van der Waals surface area (Å²) in [6.45, 7) is 1.07. The molecule has 7 nitrogen and oxygen atoms in total. The Hall–Kier alpha value is -2.74. The van der Waals surface area contributed by atoms with Crippen molar-refractivity contribution in [3.63, 3.8) is 0 Å². The van der Waals surface area contributed by atoms with Crippen LogP contribution in [0.25, 0.3) is 5.76 Å². The topological polar surface area (TPSA) is 135 Å². The van der Waals surface area contributed by atoms with Crippen molar-refractivity contribution in [2.45, 2.75) is 24.7 Å². The van der Waals surface area contributed by atoms with Gasteiger partial charge in [-0.1, -0.05) is 12.1 Å². The molecule has 1 aromatic carbocycles. The number of carbonyl (C=O) groups excluding carboxylic acids is 2. The summed E-state index contributed by atoms with van der Waals surface area (Å²) in [6.07, 6.45) is -2.31. The van der Waals surface area contributed by atoms with E-state index in [1.54, 1.807) is 0 Å². The van der Waals surface area contributed by atoms with Crippen LogP contribution in [0.2, 0.25) is 0 Å². The van der Waals surface area contributed by atoms with E-state index in [0.29, 0.717) is 0 Å². The molecule has 3 unspecified atom stereocenters. The third kappa shape index (κ3) is 1.74. The van der Waals surface area contributed by atoms with Crippen LogP contribution in [-0.2, 0) is 4.79 Å². The van der Waals surface area contributed by atoms with Gasteiger partial charge in [-0.3, -0.25) is 9.59 Å². The number of hydrogen-bond acceptors (Lipinski definition) is 7. The number of aliphatic hydroxyl groups is 4. The van der Waals surface area contributed by atoms with Gasteiger partial charge in [-0.05, 0) is 19.1 Å². The fraction of sp³-hybridized carbons (Fsp3) is 0.222. The van der Waals surface area contributed by atoms with Gasteiger partial charge in [0.05, 0.1) is 5.56 Å². The Morgan fingerprint density at radius 3 is 2.48 bits per heavy atom. The Balaban J connectivity index is 2.03. The summed E-state index contributed by atoms with van der Waals surface area (Å²) in [5.41, 5.74) is -2.64. The SMILES string of the molecule is CC1(O)C(=O)C2=C(C3=C(O)c4cccc(O)c4C(=O)C3=C2)C(O)C1O. The van der Waals surface area contributed by atoms with Gasteiger partial charge in [0.1, 0.15) is 23.7 Å². The van der Waals surface area contributed by atoms with E-state index < -0.39 is 29.4 Å². The van der Waals surface area contributed by atoms with Crippen LogP contribution in [-0.4, -0.2) is 54.9 Å². The van der Waals surface area contributed by atoms with Gasteiger partial charge >= 0.3 is 0 Å². The molecular weight excluding hydrogens is 328 g/mol. The lowest BCUT2D eigenvalue weighted by atomic mass is 9.75. The number of phenols is 1. The van der Waals surface area contributed by atoms with Gasteiger partial charge in [0.25, 0.3) is 0 Å². The van der Waals surface area contributed by atoms with Crippen LogP contribution in [0.4, 0.5) is 0 Å². The van der Waals surface area contributed by atoms with Crippen molar-refractivity contribution in [2.24, 2.45) is 0 Å². The molecule has 3 aliphatic rings. The average Bonchev–Trinajstić information content (AvgIpc) is 2.97. The number of phenolic OH excluding ortho intramolecular Hbond substituents is 1. The molecule has 0 amide bonds. The summed E-state index contributed by atoms with van der Waals surface area (Å²) in [4.78, 5) is 25.2. The number of aliphatic hydroxyl groups excluding tert-OH is 3. The fourth-order valence-electron chi connectivity index (χ4n) is 3.62. The van der Waals surface area contributed by atoms with Crippen LogP contribution in [0.15, 0.2) is 46.6 Å². The number of rotatable bonds is 0. The largest absolute Gasteiger partial charge is 0.507 e. The quantitative estimate of drug-likeness (QED) is 0.453. The molecule has 5 N–H and O–H groups in total. The highest BCUT2D eigenvalue weighted by Gasteiger charge is 2.54. The Kier molecular flexibility index (Phi) is 2.94. The molecule has 0 spiro atoms. The van der Waals surface area contributed by atoms with Crippen molar-refractivity contribution in [2.75, 3.05) is 0 Å². The summed E-state index contributed by atoms with van der Waals surface area (Å²) in [7, 11) is 0. The average molecular weight is 342 g/mol. The summed E-state index contributed by atoms with van der Waals surface area (Å²) in [5.74, 6) is -2.19. The molecule has 0 bridgehead atoms. The van der Waals surface area contributed by atoms with Crippen molar-refractivity contribution >= 4 is 17.3 Å². The highest BCUT2D eigenvalue weighted by molar-refractivity contribution is 6.24. The van der Waals surface area contributed by atoms with E-state index in [4.69, 9.17) is 0 Å². The van der Waals surface area contributed by atoms with Gasteiger partial charge in [-0.25, -0.2) is 0 Å². The second-order valence-electron chi connectivity index (χ2n) is 6.50. The molecule has 1 aromatic rings. The minimum Gasteiger partial charge on any atom is -0.507 e. The number of allylic oxidation sites excluding steroid dienone is 2. The number of hydrogen-bond donors (Lipinski definition) is 5. The Morgan fingerprint density at radius 1 is 1.12 bits per heavy atom. The number of Topliss-reactive ketones (excluding diaryl/α,β-unsaturated/α-hetero) is 2. The molecule has 0 saturated heterocycles. The van der Waals surface area contributed by atoms with Crippen molar-refractivity contribution in [3.05, 3.63) is 57.7 Å². The molecule has 0 fully saturated rings. The first kappa shape index (κ1) is 15.8. The first-order chi connectivity index (χ1) is 11.7. The molecule has 0 aromatic heterocycles. The second kappa shape index (κ2) is 4.66. The molecule has 25 heavy (non-hydrogen) atoms. The number of carbonyl (C=O) groups is 2. The zero-order valence-corrected chi connectivity index (χ0v) is 13.0. The van der Waals surface area contributed by atoms with E-state index in [2.05, 4.69) is 0 Å². The zero-order valence-electron chi connectivity index (χ0n) is 13.0. The highest BCUT2D eigenvalue weighted by Crippen LogP contribution is 2.48. The van der Waals surface area contributed by atoms with Crippen molar-refractivity contribution < 1.29 is 35.1 Å². The van der Waals surface area contributed by atoms with Crippen LogP contribution in [0.3, 0.4) is 0 Å². The standard InChI is InChI=1S/C18H14O7/c1-18(25)16(23)8-5-7-11(12(8)15(22)17(18)24)13(20)6-3-2-4-9(19)10(6)14(7)21/h2-5,15,17,19-20,22,24-25H,1H3. The van der Waals surface area contributed by atoms with E-state index in [1.807, 2.05) is 0 Å². The van der Waals surface area contributed by atoms with E-state index in [0.717, 1.165) is 6.92 Å². The van der Waals surface area contributed by atoms with E-state index in [9.17, 15) is 35.1 Å². The number of ketones is 2. The molecular formula is C18H14O7. The zero-order chi connectivity index (χ0) is 18.3. The number of fused-ring (bicyclic) bond motifs is 3. The second-order valence-corrected chi connectivity index (χ2v) is 6.50. The normalized spacial score (nSPS) is 31.0. The lowest BCUT2D eigenvalue weighted by Gasteiger charge is -2.37. The van der Waals surface area contributed by atoms with Crippen LogP contribution in [0, 0.1) is 0 Å².